The van der Waals surface area contributed by atoms with E-state index in [2.05, 4.69) is 79.6 Å². The largest absolute Gasteiger partial charge is 0.460 e. The molecule has 0 aliphatic heterocycles. The quantitative estimate of drug-likeness (QED) is 0.120. The molecule has 0 aliphatic rings. The first-order chi connectivity index (χ1) is 22.8. The van der Waals surface area contributed by atoms with Gasteiger partial charge in [0.15, 0.2) is 0 Å². The van der Waals surface area contributed by atoms with E-state index in [-0.39, 0.29) is 11.1 Å². The smallest absolute Gasteiger partial charge is 0.407 e. The first-order valence-corrected chi connectivity index (χ1v) is 18.8. The summed E-state index contributed by atoms with van der Waals surface area (Å²) in [4.78, 5) is 30.0. The van der Waals surface area contributed by atoms with Gasteiger partial charge < -0.3 is 23.8 Å². The zero-order chi connectivity index (χ0) is 35.0. The lowest BCUT2D eigenvalue weighted by molar-refractivity contribution is 0.0490. The van der Waals surface area contributed by atoms with Gasteiger partial charge in [-0.1, -0.05) is 106 Å². The average molecular weight is 670 g/mol. The van der Waals surface area contributed by atoms with Gasteiger partial charge in [-0.3, -0.25) is 0 Å². The van der Waals surface area contributed by atoms with E-state index < -0.39 is 26.0 Å². The Morgan fingerprint density at radius 2 is 1.44 bits per heavy atom. The summed E-state index contributed by atoms with van der Waals surface area (Å²) < 4.78 is 19.8. The Morgan fingerprint density at radius 3 is 1.94 bits per heavy atom. The normalized spacial score (nSPS) is 12.8. The number of rotatable bonds is 13. The molecule has 1 amide bonds. The molecular weight excluding hydrogens is 619 g/mol. The lowest BCUT2D eigenvalue weighted by Gasteiger charge is -2.43. The van der Waals surface area contributed by atoms with Gasteiger partial charge in [-0.15, -0.1) is 0 Å². The van der Waals surface area contributed by atoms with Crippen molar-refractivity contribution in [2.75, 3.05) is 13.2 Å². The summed E-state index contributed by atoms with van der Waals surface area (Å²) in [6, 6.07) is 29.0. The van der Waals surface area contributed by atoms with Gasteiger partial charge in [0.25, 0.3) is 8.32 Å². The number of aromatic nitrogens is 2. The molecule has 3 aromatic carbocycles. The third-order valence-corrected chi connectivity index (χ3v) is 13.3. The van der Waals surface area contributed by atoms with Gasteiger partial charge >= 0.3 is 12.1 Å². The number of amides is 1. The Balaban J connectivity index is 1.58. The summed E-state index contributed by atoms with van der Waals surface area (Å²) in [5.74, 6) is -0.139. The minimum atomic E-state index is -2.74. The molecule has 4 rings (SSSR count). The van der Waals surface area contributed by atoms with Gasteiger partial charge in [0.2, 0.25) is 5.82 Å². The van der Waals surface area contributed by atoms with Crippen molar-refractivity contribution in [1.82, 2.24) is 14.9 Å². The van der Waals surface area contributed by atoms with Crippen molar-refractivity contribution in [2.24, 2.45) is 0 Å². The van der Waals surface area contributed by atoms with Crippen LogP contribution in [0.1, 0.15) is 78.0 Å². The first-order valence-electron chi connectivity index (χ1n) is 16.9. The van der Waals surface area contributed by atoms with Gasteiger partial charge in [-0.25, -0.2) is 14.6 Å². The molecule has 0 spiro atoms. The molecule has 1 heterocycles. The maximum absolute atomic E-state index is 13.0. The third kappa shape index (κ3) is 9.02. The topological polar surface area (TPSA) is 91.7 Å². The molecule has 48 heavy (non-hydrogen) atoms. The fourth-order valence-electron chi connectivity index (χ4n) is 6.07. The lowest BCUT2D eigenvalue weighted by atomic mass is 10.0. The van der Waals surface area contributed by atoms with E-state index in [1.165, 1.54) is 10.4 Å². The Labute approximate surface area is 287 Å². The van der Waals surface area contributed by atoms with Gasteiger partial charge in [-0.2, -0.15) is 0 Å². The van der Waals surface area contributed by atoms with Crippen LogP contribution < -0.4 is 15.7 Å². The highest BCUT2D eigenvalue weighted by molar-refractivity contribution is 6.99. The predicted octanol–water partition coefficient (Wildman–Crippen LogP) is 7.15. The third-order valence-electron chi connectivity index (χ3n) is 8.23. The number of nitrogens with zero attached hydrogens (tertiary/aromatic N) is 2. The van der Waals surface area contributed by atoms with Gasteiger partial charge in [0.05, 0.1) is 12.3 Å². The van der Waals surface area contributed by atoms with E-state index in [1.54, 1.807) is 11.5 Å². The highest BCUT2D eigenvalue weighted by atomic mass is 28.4. The number of esters is 1. The summed E-state index contributed by atoms with van der Waals surface area (Å²) in [6.45, 7) is 17.5. The van der Waals surface area contributed by atoms with Crippen LogP contribution in [0.15, 0.2) is 91.1 Å². The summed E-state index contributed by atoms with van der Waals surface area (Å²) in [6.07, 6.45) is 2.60. The first kappa shape index (κ1) is 36.6. The maximum Gasteiger partial charge on any atom is 0.407 e. The number of hydrogen-bond acceptors (Lipinski definition) is 6. The van der Waals surface area contributed by atoms with E-state index in [1.807, 2.05) is 70.3 Å². The number of benzene rings is 3. The van der Waals surface area contributed by atoms with Crippen molar-refractivity contribution < 1.29 is 23.5 Å². The fourth-order valence-corrected chi connectivity index (χ4v) is 10.6. The molecular formula is C39H51N3O5Si. The van der Waals surface area contributed by atoms with Crippen LogP contribution in [0.2, 0.25) is 5.04 Å². The monoisotopic (exact) mass is 669 g/mol. The molecule has 1 N–H and O–H groups in total. The second-order valence-corrected chi connectivity index (χ2v) is 18.3. The molecule has 0 saturated carbocycles. The highest BCUT2D eigenvalue weighted by Gasteiger charge is 2.50. The van der Waals surface area contributed by atoms with Crippen LogP contribution in [-0.4, -0.2) is 54.8 Å². The number of carbonyl (C=O) groups excluding carboxylic acids is 2. The summed E-state index contributed by atoms with van der Waals surface area (Å²) in [7, 11) is -2.74. The van der Waals surface area contributed by atoms with Crippen LogP contribution in [0.4, 0.5) is 4.79 Å². The number of carbonyl (C=O) groups is 2. The lowest BCUT2D eigenvalue weighted by Crippen LogP contribution is -2.66. The Morgan fingerprint density at radius 1 is 0.854 bits per heavy atom. The van der Waals surface area contributed by atoms with E-state index in [0.29, 0.717) is 44.1 Å². The summed E-state index contributed by atoms with van der Waals surface area (Å²) in [5.41, 5.74) is 2.02. The average Bonchev–Trinajstić information content (AvgIpc) is 3.48. The standard InChI is InChI=1S/C39H51N3O5Si/c1-9-42-28-34(41-35(42)36(43)45-10-2)30-23-21-29(22-24-30)27-31(40-37(44)47-38(3,4)5)25-26-46-48(39(6,7)8,32-17-13-11-14-18-32)33-19-15-12-16-20-33/h11-24,28,31H,9-10,25-27H2,1-8H3,(H,40,44)/t31-/m1/s1. The molecule has 0 bridgehead atoms. The number of imidazole rings is 1. The zero-order valence-electron chi connectivity index (χ0n) is 29.7. The second-order valence-electron chi connectivity index (χ2n) is 14.0. The van der Waals surface area contributed by atoms with Crippen LogP contribution in [-0.2, 0) is 26.9 Å². The minimum Gasteiger partial charge on any atom is -0.460 e. The van der Waals surface area contributed by atoms with Crippen molar-refractivity contribution >= 4 is 30.8 Å². The van der Waals surface area contributed by atoms with E-state index in [0.717, 1.165) is 11.1 Å². The van der Waals surface area contributed by atoms with Crippen molar-refractivity contribution in [3.8, 4) is 11.3 Å². The summed E-state index contributed by atoms with van der Waals surface area (Å²) in [5, 5.41) is 5.40. The molecule has 0 saturated heterocycles. The molecule has 256 valence electrons. The van der Waals surface area contributed by atoms with Crippen molar-refractivity contribution in [3.63, 3.8) is 0 Å². The van der Waals surface area contributed by atoms with Crippen LogP contribution in [0.25, 0.3) is 11.3 Å². The number of hydrogen-bond donors (Lipinski definition) is 1. The fraction of sp³-hybridized carbons (Fsp3) is 0.410. The predicted molar refractivity (Wildman–Crippen MR) is 194 cm³/mol. The van der Waals surface area contributed by atoms with Crippen LogP contribution in [0, 0.1) is 0 Å². The molecule has 0 aliphatic carbocycles. The van der Waals surface area contributed by atoms with Gasteiger partial charge in [0.1, 0.15) is 5.60 Å². The zero-order valence-corrected chi connectivity index (χ0v) is 30.7. The van der Waals surface area contributed by atoms with E-state index >= 15 is 0 Å². The van der Waals surface area contributed by atoms with Crippen molar-refractivity contribution in [2.45, 2.75) is 91.5 Å². The second kappa shape index (κ2) is 15.8. The Bertz CT molecular complexity index is 1580. The van der Waals surface area contributed by atoms with Crippen LogP contribution in [0.5, 0.6) is 0 Å². The molecule has 0 radical (unpaired) electrons. The van der Waals surface area contributed by atoms with Gasteiger partial charge in [0, 0.05) is 31.0 Å². The maximum atomic E-state index is 13.0. The Hall–Kier alpha value is -4.21. The number of alkyl carbamates (subject to hydrolysis) is 1. The van der Waals surface area contributed by atoms with Crippen molar-refractivity contribution in [3.05, 3.63) is 103 Å². The molecule has 8 nitrogen and oxygen atoms in total. The van der Waals surface area contributed by atoms with Crippen molar-refractivity contribution in [1.29, 1.82) is 0 Å². The number of aryl methyl sites for hydroxylation is 1. The Kier molecular flexibility index (Phi) is 12.0. The number of nitrogens with one attached hydrogen (secondary N) is 1. The highest BCUT2D eigenvalue weighted by Crippen LogP contribution is 2.37. The van der Waals surface area contributed by atoms with Crippen LogP contribution in [0.3, 0.4) is 0 Å². The number of ether oxygens (including phenoxy) is 2. The molecule has 1 atom stereocenters. The molecule has 0 fully saturated rings. The minimum absolute atomic E-state index is 0.155. The summed E-state index contributed by atoms with van der Waals surface area (Å²) >= 11 is 0. The van der Waals surface area contributed by atoms with E-state index in [9.17, 15) is 9.59 Å². The molecule has 0 unspecified atom stereocenters. The SMILES string of the molecule is CCOC(=O)c1nc(-c2ccc(C[C@@H](CCO[Si](c3ccccc3)(c3ccccc3)C(C)(C)C)NC(=O)OC(C)(C)C)cc2)cn1CC. The molecule has 1 aromatic heterocycles. The van der Waals surface area contributed by atoms with Crippen LogP contribution >= 0.6 is 0 Å². The molecule has 4 aromatic rings. The molecule has 9 heteroatoms. The van der Waals surface area contributed by atoms with E-state index in [4.69, 9.17) is 13.9 Å². The van der Waals surface area contributed by atoms with Gasteiger partial charge in [-0.05, 0) is 68.4 Å².